The summed E-state index contributed by atoms with van der Waals surface area (Å²) in [5, 5.41) is 20.9. The summed E-state index contributed by atoms with van der Waals surface area (Å²) in [6, 6.07) is -0.125. The highest BCUT2D eigenvalue weighted by atomic mass is 16.3. The van der Waals surface area contributed by atoms with E-state index < -0.39 is 12.2 Å². The number of nitrogens with one attached hydrogen (secondary N) is 1. The van der Waals surface area contributed by atoms with Gasteiger partial charge >= 0.3 is 0 Å². The molecule has 0 aromatic rings. The molecule has 1 aliphatic heterocycles. The Bertz CT molecular complexity index is 99.0. The molecular weight excluding hydrogens is 120 g/mol. The van der Waals surface area contributed by atoms with Crippen LogP contribution in [0.4, 0.5) is 0 Å². The van der Waals surface area contributed by atoms with Crippen molar-refractivity contribution in [3.8, 4) is 0 Å². The topological polar surface area (TPSA) is 78.5 Å². The van der Waals surface area contributed by atoms with Crippen LogP contribution in [0.25, 0.3) is 0 Å². The zero-order chi connectivity index (χ0) is 6.85. The van der Waals surface area contributed by atoms with Gasteiger partial charge in [0.05, 0.1) is 12.2 Å². The first kappa shape index (κ1) is 6.95. The number of hydrogen-bond acceptors (Lipinski definition) is 4. The molecule has 1 rings (SSSR count). The van der Waals surface area contributed by atoms with Gasteiger partial charge in [0.2, 0.25) is 0 Å². The molecule has 1 heterocycles. The third-order valence-corrected chi connectivity index (χ3v) is 1.65. The molecular formula is C5H12N2O2. The zero-order valence-corrected chi connectivity index (χ0v) is 5.12. The summed E-state index contributed by atoms with van der Waals surface area (Å²) in [6.07, 6.45) is -1.33. The maximum Gasteiger partial charge on any atom is 0.0976 e. The van der Waals surface area contributed by atoms with Crippen LogP contribution < -0.4 is 11.1 Å². The van der Waals surface area contributed by atoms with E-state index >= 15 is 0 Å². The minimum absolute atomic E-state index is 0.125. The predicted molar refractivity (Wildman–Crippen MR) is 32.9 cm³/mol. The number of β-amino-alcohol motifs (C(OH)–C–C–N with tert-alkyl or cyclic N) is 1. The first-order valence-electron chi connectivity index (χ1n) is 3.05. The van der Waals surface area contributed by atoms with Crippen LogP contribution in [-0.4, -0.2) is 41.6 Å². The second-order valence-electron chi connectivity index (χ2n) is 2.31. The van der Waals surface area contributed by atoms with Crippen molar-refractivity contribution in [1.29, 1.82) is 0 Å². The lowest BCUT2D eigenvalue weighted by Gasteiger charge is -2.12. The van der Waals surface area contributed by atoms with Crippen LogP contribution >= 0.6 is 0 Å². The minimum atomic E-state index is -0.685. The lowest BCUT2D eigenvalue weighted by atomic mass is 10.1. The van der Waals surface area contributed by atoms with Crippen LogP contribution in [0.1, 0.15) is 0 Å². The van der Waals surface area contributed by atoms with E-state index in [1.54, 1.807) is 0 Å². The molecule has 0 aromatic heterocycles. The zero-order valence-electron chi connectivity index (χ0n) is 5.12. The molecule has 9 heavy (non-hydrogen) atoms. The predicted octanol–water partition coefficient (Wildman–Crippen LogP) is -2.36. The number of aliphatic hydroxyl groups excluding tert-OH is 2. The molecule has 0 aliphatic carbocycles. The Labute approximate surface area is 53.7 Å². The molecule has 1 aliphatic rings. The molecule has 3 atom stereocenters. The smallest absolute Gasteiger partial charge is 0.0976 e. The fourth-order valence-corrected chi connectivity index (χ4v) is 1.00. The first-order chi connectivity index (χ1) is 4.25. The largest absolute Gasteiger partial charge is 0.389 e. The van der Waals surface area contributed by atoms with Crippen LogP contribution in [-0.2, 0) is 0 Å². The summed E-state index contributed by atoms with van der Waals surface area (Å²) >= 11 is 0. The second-order valence-corrected chi connectivity index (χ2v) is 2.31. The average molecular weight is 132 g/mol. The van der Waals surface area contributed by atoms with E-state index in [1.165, 1.54) is 0 Å². The normalized spacial score (nSPS) is 43.7. The van der Waals surface area contributed by atoms with Gasteiger partial charge in [-0.25, -0.2) is 0 Å². The molecule has 3 unspecified atom stereocenters. The van der Waals surface area contributed by atoms with Gasteiger partial charge in [0.1, 0.15) is 0 Å². The van der Waals surface area contributed by atoms with Crippen molar-refractivity contribution in [1.82, 2.24) is 5.32 Å². The van der Waals surface area contributed by atoms with Crippen LogP contribution in [0, 0.1) is 0 Å². The van der Waals surface area contributed by atoms with Crippen molar-refractivity contribution in [2.45, 2.75) is 18.2 Å². The SMILES string of the molecule is NCC1NCC(O)C1O. The summed E-state index contributed by atoms with van der Waals surface area (Å²) in [5.41, 5.74) is 5.25. The summed E-state index contributed by atoms with van der Waals surface area (Å²) in [6.45, 7) is 0.821. The molecule has 0 amide bonds. The number of nitrogens with two attached hydrogens (primary N) is 1. The third-order valence-electron chi connectivity index (χ3n) is 1.65. The molecule has 0 bridgehead atoms. The van der Waals surface area contributed by atoms with E-state index in [0.717, 1.165) is 0 Å². The average Bonchev–Trinajstić information content (AvgIpc) is 2.15. The molecule has 1 fully saturated rings. The first-order valence-corrected chi connectivity index (χ1v) is 3.05. The van der Waals surface area contributed by atoms with Crippen LogP contribution in [0.15, 0.2) is 0 Å². The molecule has 4 nitrogen and oxygen atoms in total. The van der Waals surface area contributed by atoms with E-state index in [4.69, 9.17) is 15.9 Å². The number of aliphatic hydroxyl groups is 2. The summed E-state index contributed by atoms with van der Waals surface area (Å²) in [4.78, 5) is 0. The number of rotatable bonds is 1. The lowest BCUT2D eigenvalue weighted by molar-refractivity contribution is 0.0421. The fraction of sp³-hybridized carbons (Fsp3) is 1.00. The van der Waals surface area contributed by atoms with E-state index in [1.807, 2.05) is 0 Å². The van der Waals surface area contributed by atoms with Crippen molar-refractivity contribution in [3.05, 3.63) is 0 Å². The van der Waals surface area contributed by atoms with E-state index in [-0.39, 0.29) is 6.04 Å². The molecule has 0 aromatic carbocycles. The van der Waals surface area contributed by atoms with Crippen molar-refractivity contribution < 1.29 is 10.2 Å². The Kier molecular flexibility index (Phi) is 2.02. The molecule has 0 saturated carbocycles. The van der Waals surface area contributed by atoms with Gasteiger partial charge in [-0.2, -0.15) is 0 Å². The highest BCUT2D eigenvalue weighted by Crippen LogP contribution is 2.05. The number of hydrogen-bond donors (Lipinski definition) is 4. The van der Waals surface area contributed by atoms with Crippen molar-refractivity contribution in [2.24, 2.45) is 5.73 Å². The highest BCUT2D eigenvalue weighted by molar-refractivity contribution is 4.90. The van der Waals surface area contributed by atoms with Gasteiger partial charge in [-0.1, -0.05) is 0 Å². The molecule has 0 radical (unpaired) electrons. The van der Waals surface area contributed by atoms with E-state index in [2.05, 4.69) is 5.32 Å². The van der Waals surface area contributed by atoms with Gasteiger partial charge in [-0.15, -0.1) is 0 Å². The van der Waals surface area contributed by atoms with Crippen LogP contribution in [0.5, 0.6) is 0 Å². The Morgan fingerprint density at radius 1 is 1.56 bits per heavy atom. The van der Waals surface area contributed by atoms with Gasteiger partial charge in [-0.3, -0.25) is 0 Å². The summed E-state index contributed by atoms with van der Waals surface area (Å²) in [7, 11) is 0. The lowest BCUT2D eigenvalue weighted by Crippen LogP contribution is -2.39. The fourth-order valence-electron chi connectivity index (χ4n) is 1.00. The van der Waals surface area contributed by atoms with Crippen molar-refractivity contribution in [3.63, 3.8) is 0 Å². The monoisotopic (exact) mass is 132 g/mol. The molecule has 1 saturated heterocycles. The van der Waals surface area contributed by atoms with Gasteiger partial charge in [0.15, 0.2) is 0 Å². The Morgan fingerprint density at radius 3 is 2.44 bits per heavy atom. The minimum Gasteiger partial charge on any atom is -0.389 e. The quantitative estimate of drug-likeness (QED) is 0.322. The standard InChI is InChI=1S/C5H12N2O2/c6-1-3-5(9)4(8)2-7-3/h3-5,7-9H,1-2,6H2. The Morgan fingerprint density at radius 2 is 2.22 bits per heavy atom. The molecule has 0 spiro atoms. The van der Waals surface area contributed by atoms with E-state index in [0.29, 0.717) is 13.1 Å². The van der Waals surface area contributed by atoms with Gasteiger partial charge in [0, 0.05) is 19.1 Å². The summed E-state index contributed by atoms with van der Waals surface area (Å²) in [5.74, 6) is 0. The van der Waals surface area contributed by atoms with Crippen molar-refractivity contribution in [2.75, 3.05) is 13.1 Å². The van der Waals surface area contributed by atoms with Crippen LogP contribution in [0.2, 0.25) is 0 Å². The summed E-state index contributed by atoms with van der Waals surface area (Å²) < 4.78 is 0. The Hall–Kier alpha value is -0.160. The van der Waals surface area contributed by atoms with Gasteiger partial charge in [0.25, 0.3) is 0 Å². The van der Waals surface area contributed by atoms with Crippen molar-refractivity contribution >= 4 is 0 Å². The maximum atomic E-state index is 9.06. The maximum absolute atomic E-state index is 9.06. The Balaban J connectivity index is 2.41. The molecule has 54 valence electrons. The second kappa shape index (κ2) is 2.62. The van der Waals surface area contributed by atoms with Gasteiger partial charge < -0.3 is 21.3 Å². The van der Waals surface area contributed by atoms with Gasteiger partial charge in [-0.05, 0) is 0 Å². The highest BCUT2D eigenvalue weighted by Gasteiger charge is 2.31. The molecule has 5 N–H and O–H groups in total. The third kappa shape index (κ3) is 1.21. The van der Waals surface area contributed by atoms with Crippen LogP contribution in [0.3, 0.4) is 0 Å². The molecule has 4 heteroatoms. The van der Waals surface area contributed by atoms with E-state index in [9.17, 15) is 0 Å².